The van der Waals surface area contributed by atoms with Gasteiger partial charge < -0.3 is 15.5 Å². The molecular formula is C25H31IN6O. The number of amides is 1. The smallest absolute Gasteiger partial charge is 0.227 e. The van der Waals surface area contributed by atoms with Crippen LogP contribution in [0.25, 0.3) is 0 Å². The van der Waals surface area contributed by atoms with Crippen molar-refractivity contribution in [1.29, 1.82) is 0 Å². The van der Waals surface area contributed by atoms with Crippen LogP contribution in [0.4, 0.5) is 5.69 Å². The Morgan fingerprint density at radius 2 is 1.82 bits per heavy atom. The van der Waals surface area contributed by atoms with Crippen LogP contribution in [-0.4, -0.2) is 34.7 Å². The van der Waals surface area contributed by atoms with Crippen LogP contribution < -0.4 is 15.5 Å². The molecule has 2 aromatic carbocycles. The molecule has 1 amide bonds. The molecule has 0 unspecified atom stereocenters. The van der Waals surface area contributed by atoms with Crippen LogP contribution in [0.3, 0.4) is 0 Å². The highest BCUT2D eigenvalue weighted by molar-refractivity contribution is 14.0. The average molecular weight is 558 g/mol. The zero-order valence-electron chi connectivity index (χ0n) is 18.9. The zero-order valence-corrected chi connectivity index (χ0v) is 21.2. The first-order valence-corrected chi connectivity index (χ1v) is 11.2. The molecule has 7 nitrogen and oxygen atoms in total. The molecule has 1 fully saturated rings. The Morgan fingerprint density at radius 1 is 1.03 bits per heavy atom. The fourth-order valence-electron chi connectivity index (χ4n) is 3.76. The molecule has 1 aliphatic rings. The van der Waals surface area contributed by atoms with Gasteiger partial charge in [0, 0.05) is 43.5 Å². The molecule has 2 heterocycles. The average Bonchev–Trinajstić information content (AvgIpc) is 3.45. The summed E-state index contributed by atoms with van der Waals surface area (Å²) in [5, 5.41) is 11.1. The predicted molar refractivity (Wildman–Crippen MR) is 143 cm³/mol. The number of nitrogens with zero attached hydrogens (tertiary/aromatic N) is 4. The summed E-state index contributed by atoms with van der Waals surface area (Å²) in [6, 6.07) is 18.5. The van der Waals surface area contributed by atoms with E-state index in [-0.39, 0.29) is 29.9 Å². The lowest BCUT2D eigenvalue weighted by molar-refractivity contribution is -0.117. The summed E-state index contributed by atoms with van der Waals surface area (Å²) < 4.78 is 1.94. The van der Waals surface area contributed by atoms with Crippen molar-refractivity contribution >= 4 is 41.5 Å². The SMILES string of the molecule is CCNC(=NCc1cnn(Cc2ccccc2)c1)NCc1ccc(N2CCCC2=O)cc1.I. The molecule has 0 saturated carbocycles. The third kappa shape index (κ3) is 7.05. The normalized spacial score (nSPS) is 13.7. The Kier molecular flexibility index (Phi) is 9.29. The van der Waals surface area contributed by atoms with Gasteiger partial charge in [0.15, 0.2) is 5.96 Å². The summed E-state index contributed by atoms with van der Waals surface area (Å²) in [5.41, 5.74) is 4.41. The number of guanidine groups is 1. The van der Waals surface area contributed by atoms with Gasteiger partial charge in [0.1, 0.15) is 0 Å². The highest BCUT2D eigenvalue weighted by Gasteiger charge is 2.21. The summed E-state index contributed by atoms with van der Waals surface area (Å²) >= 11 is 0. The molecule has 0 bridgehead atoms. The van der Waals surface area contributed by atoms with Gasteiger partial charge in [-0.3, -0.25) is 9.48 Å². The Bertz CT molecular complexity index is 1050. The van der Waals surface area contributed by atoms with E-state index in [1.807, 2.05) is 52.3 Å². The topological polar surface area (TPSA) is 74.6 Å². The van der Waals surface area contributed by atoms with Crippen molar-refractivity contribution in [2.24, 2.45) is 4.99 Å². The molecule has 2 N–H and O–H groups in total. The lowest BCUT2D eigenvalue weighted by atomic mass is 10.2. The molecule has 0 spiro atoms. The van der Waals surface area contributed by atoms with Crippen molar-refractivity contribution in [3.05, 3.63) is 83.7 Å². The standard InChI is InChI=1S/C25H30N6O.HI/c1-2-26-25(27-15-20-10-12-23(13-11-20)31-14-6-9-24(31)32)28-16-22-17-29-30(19-22)18-21-7-4-3-5-8-21;/h3-5,7-8,10-13,17,19H,2,6,9,14-16,18H2,1H3,(H2,26,27,28);1H. The van der Waals surface area contributed by atoms with Crippen LogP contribution in [0.1, 0.15) is 36.5 Å². The minimum atomic E-state index is 0. The first kappa shape index (κ1) is 24.8. The van der Waals surface area contributed by atoms with E-state index in [9.17, 15) is 4.79 Å². The van der Waals surface area contributed by atoms with E-state index in [1.54, 1.807) is 0 Å². The first-order valence-electron chi connectivity index (χ1n) is 11.2. The molecule has 1 aliphatic heterocycles. The van der Waals surface area contributed by atoms with E-state index >= 15 is 0 Å². The number of aromatic nitrogens is 2. The number of carbonyl (C=O) groups excluding carboxylic acids is 1. The zero-order chi connectivity index (χ0) is 22.2. The second-order valence-corrected chi connectivity index (χ2v) is 7.90. The van der Waals surface area contributed by atoms with Crippen LogP contribution in [0, 0.1) is 0 Å². The quantitative estimate of drug-likeness (QED) is 0.250. The van der Waals surface area contributed by atoms with Crippen molar-refractivity contribution in [2.75, 3.05) is 18.0 Å². The van der Waals surface area contributed by atoms with Crippen LogP contribution >= 0.6 is 24.0 Å². The molecule has 8 heteroatoms. The van der Waals surface area contributed by atoms with Gasteiger partial charge >= 0.3 is 0 Å². The molecule has 0 radical (unpaired) electrons. The lowest BCUT2D eigenvalue weighted by Crippen LogP contribution is -2.36. The van der Waals surface area contributed by atoms with Crippen LogP contribution in [0.2, 0.25) is 0 Å². The minimum absolute atomic E-state index is 0. The van der Waals surface area contributed by atoms with Gasteiger partial charge in [-0.2, -0.15) is 5.10 Å². The summed E-state index contributed by atoms with van der Waals surface area (Å²) in [6.45, 7) is 5.62. The van der Waals surface area contributed by atoms with Gasteiger partial charge in [-0.1, -0.05) is 42.5 Å². The van der Waals surface area contributed by atoms with E-state index in [2.05, 4.69) is 46.9 Å². The number of anilines is 1. The lowest BCUT2D eigenvalue weighted by Gasteiger charge is -2.16. The van der Waals surface area contributed by atoms with Crippen LogP contribution in [0.15, 0.2) is 72.0 Å². The Morgan fingerprint density at radius 3 is 2.52 bits per heavy atom. The predicted octanol–water partition coefficient (Wildman–Crippen LogP) is 3.93. The van der Waals surface area contributed by atoms with Crippen molar-refractivity contribution in [1.82, 2.24) is 20.4 Å². The minimum Gasteiger partial charge on any atom is -0.357 e. The summed E-state index contributed by atoms with van der Waals surface area (Å²) in [5.74, 6) is 0.978. The van der Waals surface area contributed by atoms with E-state index in [1.165, 1.54) is 5.56 Å². The maximum atomic E-state index is 11.9. The summed E-state index contributed by atoms with van der Waals surface area (Å²) in [4.78, 5) is 18.5. The van der Waals surface area contributed by atoms with Gasteiger partial charge in [-0.05, 0) is 36.6 Å². The van der Waals surface area contributed by atoms with Crippen molar-refractivity contribution in [3.8, 4) is 0 Å². The largest absolute Gasteiger partial charge is 0.357 e. The number of halogens is 1. The van der Waals surface area contributed by atoms with Gasteiger partial charge in [-0.25, -0.2) is 4.99 Å². The second kappa shape index (κ2) is 12.4. The third-order valence-corrected chi connectivity index (χ3v) is 5.42. The molecule has 4 rings (SSSR count). The third-order valence-electron chi connectivity index (χ3n) is 5.42. The van der Waals surface area contributed by atoms with Crippen molar-refractivity contribution in [2.45, 2.75) is 39.4 Å². The van der Waals surface area contributed by atoms with E-state index in [0.29, 0.717) is 19.5 Å². The number of hydrogen-bond acceptors (Lipinski definition) is 3. The molecule has 1 aromatic heterocycles. The van der Waals surface area contributed by atoms with Gasteiger partial charge in [0.2, 0.25) is 5.91 Å². The number of rotatable bonds is 8. The van der Waals surface area contributed by atoms with Crippen molar-refractivity contribution < 1.29 is 4.79 Å². The summed E-state index contributed by atoms with van der Waals surface area (Å²) in [7, 11) is 0. The van der Waals surface area contributed by atoms with E-state index in [0.717, 1.165) is 48.8 Å². The van der Waals surface area contributed by atoms with Crippen molar-refractivity contribution in [3.63, 3.8) is 0 Å². The molecule has 1 saturated heterocycles. The Hall–Kier alpha value is -2.88. The highest BCUT2D eigenvalue weighted by Crippen LogP contribution is 2.21. The second-order valence-electron chi connectivity index (χ2n) is 7.90. The number of nitrogens with one attached hydrogen (secondary N) is 2. The maximum absolute atomic E-state index is 11.9. The van der Waals surface area contributed by atoms with Gasteiger partial charge in [-0.15, -0.1) is 24.0 Å². The fraction of sp³-hybridized carbons (Fsp3) is 0.320. The monoisotopic (exact) mass is 558 g/mol. The molecular weight excluding hydrogens is 527 g/mol. The Balaban J connectivity index is 0.00000306. The number of hydrogen-bond donors (Lipinski definition) is 2. The first-order chi connectivity index (χ1) is 15.7. The molecule has 174 valence electrons. The molecule has 0 atom stereocenters. The van der Waals surface area contributed by atoms with Crippen LogP contribution in [0.5, 0.6) is 0 Å². The van der Waals surface area contributed by atoms with E-state index in [4.69, 9.17) is 4.99 Å². The number of aliphatic imine (C=N–C) groups is 1. The van der Waals surface area contributed by atoms with E-state index < -0.39 is 0 Å². The highest BCUT2D eigenvalue weighted by atomic mass is 127. The van der Waals surface area contributed by atoms with Crippen LogP contribution in [-0.2, 0) is 24.4 Å². The molecule has 33 heavy (non-hydrogen) atoms. The van der Waals surface area contributed by atoms with Gasteiger partial charge in [0.05, 0.1) is 19.3 Å². The number of carbonyl (C=O) groups is 1. The fourth-order valence-corrected chi connectivity index (χ4v) is 3.76. The summed E-state index contributed by atoms with van der Waals surface area (Å²) in [6.07, 6.45) is 5.50. The van der Waals surface area contributed by atoms with Gasteiger partial charge in [0.25, 0.3) is 0 Å². The number of benzene rings is 2. The Labute approximate surface area is 212 Å². The molecule has 3 aromatic rings. The maximum Gasteiger partial charge on any atom is 0.227 e. The molecule has 0 aliphatic carbocycles.